The zero-order chi connectivity index (χ0) is 46.3. The molecular weight excluding hydrogens is 834 g/mol. The zero-order valence-corrected chi connectivity index (χ0v) is 38.2. The maximum atomic E-state index is 14.8. The molecule has 0 radical (unpaired) electrons. The standard InChI is InChI=1S/C51H64FN3O10/c1-7-26-62-51-45(55(48(58)33-16-17-33)31-32-14-18-35(52)19-15-32)30-42(54-65-50(2,3)4)39-27-34(12-8-10-24-56)38(13-9-11-25-57)46(47(39)51)40-28-37(21-23-43(40)64-51)63-49(59)53-41-22-20-36(60-5)29-44(41)61-6/h7,14-15,18-23,27-29,33-34,38,45-47,56-57H,1,8-13,16-17,24-26,30-31H2,2-6H3,(H,53,59). The van der Waals surface area contributed by atoms with E-state index in [1.807, 2.05) is 31.7 Å². The summed E-state index contributed by atoms with van der Waals surface area (Å²) in [4.78, 5) is 36.5. The van der Waals surface area contributed by atoms with Crippen LogP contribution in [-0.2, 0) is 20.9 Å². The van der Waals surface area contributed by atoms with Crippen molar-refractivity contribution in [1.82, 2.24) is 4.90 Å². The number of aliphatic hydroxyl groups is 2. The fraction of sp³-hybridized carbons (Fsp3) is 0.510. The molecule has 3 aromatic rings. The van der Waals surface area contributed by atoms with Crippen molar-refractivity contribution in [2.45, 2.75) is 108 Å². The Hall–Kier alpha value is -5.44. The summed E-state index contributed by atoms with van der Waals surface area (Å²) in [5.41, 5.74) is 2.84. The highest BCUT2D eigenvalue weighted by molar-refractivity contribution is 6.03. The molecule has 2 fully saturated rings. The van der Waals surface area contributed by atoms with Crippen molar-refractivity contribution in [1.29, 1.82) is 0 Å². The number of halogens is 1. The monoisotopic (exact) mass is 897 g/mol. The first-order valence-corrected chi connectivity index (χ1v) is 22.8. The number of benzene rings is 3. The number of ether oxygens (including phenoxy) is 5. The van der Waals surface area contributed by atoms with Crippen LogP contribution in [0.1, 0.15) is 95.6 Å². The molecule has 7 rings (SSSR count). The quantitative estimate of drug-likeness (QED) is 0.0567. The van der Waals surface area contributed by atoms with Crippen molar-refractivity contribution in [2.75, 3.05) is 39.4 Å². The highest BCUT2D eigenvalue weighted by Crippen LogP contribution is 2.62. The molecule has 1 aliphatic heterocycles. The number of hydrogen-bond acceptors (Lipinski definition) is 11. The first kappa shape index (κ1) is 47.5. The van der Waals surface area contributed by atoms with Gasteiger partial charge >= 0.3 is 6.09 Å². The minimum Gasteiger partial charge on any atom is -0.497 e. The van der Waals surface area contributed by atoms with Crippen molar-refractivity contribution in [3.05, 3.63) is 102 Å². The van der Waals surface area contributed by atoms with Gasteiger partial charge in [-0.3, -0.25) is 10.1 Å². The Morgan fingerprint density at radius 1 is 0.969 bits per heavy atom. The van der Waals surface area contributed by atoms with Crippen LogP contribution < -0.4 is 24.3 Å². The van der Waals surface area contributed by atoms with E-state index in [1.54, 1.807) is 55.7 Å². The van der Waals surface area contributed by atoms with Crippen molar-refractivity contribution >= 4 is 23.4 Å². The van der Waals surface area contributed by atoms with Crippen LogP contribution in [0, 0.1) is 29.5 Å². The minimum atomic E-state index is -1.49. The third-order valence-corrected chi connectivity index (χ3v) is 12.8. The van der Waals surface area contributed by atoms with Gasteiger partial charge in [0.2, 0.25) is 11.7 Å². The smallest absolute Gasteiger partial charge is 0.417 e. The molecule has 14 heteroatoms. The summed E-state index contributed by atoms with van der Waals surface area (Å²) in [7, 11) is 3.04. The minimum absolute atomic E-state index is 0.00485. The van der Waals surface area contributed by atoms with Crippen molar-refractivity contribution < 1.29 is 52.7 Å². The van der Waals surface area contributed by atoms with Crippen LogP contribution in [0.4, 0.5) is 14.9 Å². The molecule has 350 valence electrons. The average molecular weight is 898 g/mol. The Balaban J connectivity index is 1.41. The highest BCUT2D eigenvalue weighted by Gasteiger charge is 2.66. The molecule has 3 N–H and O–H groups in total. The fourth-order valence-corrected chi connectivity index (χ4v) is 9.74. The van der Waals surface area contributed by atoms with Crippen molar-refractivity contribution in [3.63, 3.8) is 0 Å². The molecular formula is C51H64FN3O10. The van der Waals surface area contributed by atoms with E-state index in [1.165, 1.54) is 19.2 Å². The van der Waals surface area contributed by atoms with Gasteiger partial charge in [-0.25, -0.2) is 9.18 Å². The number of carbonyl (C=O) groups excluding carboxylic acids is 2. The zero-order valence-electron chi connectivity index (χ0n) is 38.2. The number of fused-ring (bicyclic) bond motifs is 2. The predicted molar refractivity (Wildman–Crippen MR) is 245 cm³/mol. The molecule has 1 heterocycles. The Bertz CT molecular complexity index is 2220. The summed E-state index contributed by atoms with van der Waals surface area (Å²) in [6.45, 7) is 10.2. The molecule has 2 saturated carbocycles. The second-order valence-corrected chi connectivity index (χ2v) is 18.4. The number of oxime groups is 1. The number of nitrogens with one attached hydrogen (secondary N) is 1. The predicted octanol–water partition coefficient (Wildman–Crippen LogP) is 9.32. The van der Waals surface area contributed by atoms with Gasteiger partial charge in [-0.05, 0) is 125 Å². The second kappa shape index (κ2) is 20.8. The Kier molecular flexibility index (Phi) is 15.2. The maximum absolute atomic E-state index is 14.8. The number of aliphatic hydroxyl groups excluding tert-OH is 2. The lowest BCUT2D eigenvalue weighted by atomic mass is 9.55. The Morgan fingerprint density at radius 3 is 2.35 bits per heavy atom. The van der Waals surface area contributed by atoms with E-state index in [9.17, 15) is 24.2 Å². The van der Waals surface area contributed by atoms with Gasteiger partial charge in [0.05, 0.1) is 38.1 Å². The van der Waals surface area contributed by atoms with Gasteiger partial charge in [0.1, 0.15) is 40.5 Å². The van der Waals surface area contributed by atoms with Gasteiger partial charge in [-0.1, -0.05) is 42.3 Å². The lowest BCUT2D eigenvalue weighted by Crippen LogP contribution is -2.70. The number of allylic oxidation sites excluding steroid dienone is 1. The van der Waals surface area contributed by atoms with Crippen LogP contribution in [0.2, 0.25) is 0 Å². The molecule has 13 nitrogen and oxygen atoms in total. The summed E-state index contributed by atoms with van der Waals surface area (Å²) >= 11 is 0. The van der Waals surface area contributed by atoms with Crippen molar-refractivity contribution in [3.8, 4) is 23.0 Å². The van der Waals surface area contributed by atoms with Crippen LogP contribution in [0.5, 0.6) is 23.0 Å². The molecule has 0 spiro atoms. The summed E-state index contributed by atoms with van der Waals surface area (Å²) in [5.74, 6) is -1.32. The van der Waals surface area contributed by atoms with E-state index in [4.69, 9.17) is 33.7 Å². The van der Waals surface area contributed by atoms with E-state index in [0.29, 0.717) is 41.5 Å². The van der Waals surface area contributed by atoms with E-state index in [-0.39, 0.29) is 73.9 Å². The molecule has 0 bridgehead atoms. The number of amides is 2. The first-order chi connectivity index (χ1) is 31.3. The van der Waals surface area contributed by atoms with Crippen molar-refractivity contribution in [2.24, 2.45) is 28.8 Å². The molecule has 3 aromatic carbocycles. The number of carbonyl (C=O) groups is 2. The van der Waals surface area contributed by atoms with Gasteiger partial charge in [0.15, 0.2) is 0 Å². The summed E-state index contributed by atoms with van der Waals surface area (Å²) in [6, 6.07) is 15.8. The summed E-state index contributed by atoms with van der Waals surface area (Å²) in [6.07, 6.45) is 9.20. The average Bonchev–Trinajstić information content (AvgIpc) is 4.14. The number of nitrogens with zero attached hydrogens (tertiary/aromatic N) is 2. The maximum Gasteiger partial charge on any atom is 0.417 e. The molecule has 65 heavy (non-hydrogen) atoms. The normalized spacial score (nSPS) is 23.8. The SMILES string of the molecule is C=CCOC12Oc3ccc(OC(=O)Nc4ccc(OC)cc4OC)cc3C3C(CCCCO)C(CCCCO)C=C(C(=NOC(C)(C)C)CC1N(Cc1ccc(F)cc1)C(=O)C1CC1)C32. The highest BCUT2D eigenvalue weighted by atomic mass is 19.1. The third-order valence-electron chi connectivity index (χ3n) is 12.8. The van der Waals surface area contributed by atoms with Crippen LogP contribution in [0.25, 0.3) is 0 Å². The van der Waals surface area contributed by atoms with Gasteiger partial charge in [-0.2, -0.15) is 0 Å². The lowest BCUT2D eigenvalue weighted by molar-refractivity contribution is -0.258. The number of unbranched alkanes of at least 4 members (excludes halogenated alkanes) is 2. The number of methoxy groups -OCH3 is 2. The van der Waals surface area contributed by atoms with E-state index >= 15 is 0 Å². The van der Waals surface area contributed by atoms with Crippen LogP contribution in [0.15, 0.2) is 90.1 Å². The van der Waals surface area contributed by atoms with E-state index in [0.717, 1.165) is 55.2 Å². The van der Waals surface area contributed by atoms with Crippen LogP contribution in [0.3, 0.4) is 0 Å². The molecule has 3 aliphatic carbocycles. The molecule has 0 saturated heterocycles. The van der Waals surface area contributed by atoms with Gasteiger partial charge < -0.3 is 43.6 Å². The van der Waals surface area contributed by atoms with E-state index in [2.05, 4.69) is 18.0 Å². The molecule has 2 amide bonds. The molecule has 0 aromatic heterocycles. The first-order valence-electron chi connectivity index (χ1n) is 22.8. The number of rotatable bonds is 20. The molecule has 4 aliphatic rings. The Morgan fingerprint density at radius 2 is 1.69 bits per heavy atom. The van der Waals surface area contributed by atoms with Gasteiger partial charge in [0.25, 0.3) is 0 Å². The van der Waals surface area contributed by atoms with Crippen LogP contribution in [-0.4, -0.2) is 84.3 Å². The molecule has 6 atom stereocenters. The summed E-state index contributed by atoms with van der Waals surface area (Å²) in [5, 5.41) is 27.6. The molecule has 6 unspecified atom stereocenters. The second-order valence-electron chi connectivity index (χ2n) is 18.4. The van der Waals surface area contributed by atoms with Crippen LogP contribution >= 0.6 is 0 Å². The van der Waals surface area contributed by atoms with Gasteiger partial charge in [-0.15, -0.1) is 6.58 Å². The number of hydrogen-bond donors (Lipinski definition) is 3. The number of anilines is 1. The fourth-order valence-electron chi connectivity index (χ4n) is 9.74. The third kappa shape index (κ3) is 10.8. The largest absolute Gasteiger partial charge is 0.497 e. The van der Waals surface area contributed by atoms with Gasteiger partial charge in [0, 0.05) is 49.6 Å². The lowest BCUT2D eigenvalue weighted by Gasteiger charge is -2.60. The summed E-state index contributed by atoms with van der Waals surface area (Å²) < 4.78 is 45.6. The van der Waals surface area contributed by atoms with E-state index < -0.39 is 29.4 Å². The Labute approximate surface area is 381 Å². The topological polar surface area (TPSA) is 158 Å².